The molecular weight excluding hydrogens is 262 g/mol. The number of Topliss-reactive ketones (excluding diaryl/α,β-unsaturated/α-hetero) is 1. The molecule has 6 nitrogen and oxygen atoms in total. The third-order valence-electron chi connectivity index (χ3n) is 2.85. The van der Waals surface area contributed by atoms with Crippen molar-refractivity contribution in [3.05, 3.63) is 40.2 Å². The number of fused-ring (bicyclic) bond motifs is 1. The SMILES string of the molecule is COC(=O)C(=O)c1cc2ccc(N(C)C)cc2oc1=O. The van der Waals surface area contributed by atoms with Crippen molar-refractivity contribution in [1.82, 2.24) is 0 Å². The molecule has 2 rings (SSSR count). The summed E-state index contributed by atoms with van der Waals surface area (Å²) in [6.45, 7) is 0. The van der Waals surface area contributed by atoms with Gasteiger partial charge in [-0.3, -0.25) is 4.79 Å². The number of ketones is 1. The molecule has 0 saturated carbocycles. The first kappa shape index (κ1) is 13.8. The summed E-state index contributed by atoms with van der Waals surface area (Å²) < 4.78 is 9.40. The highest BCUT2D eigenvalue weighted by atomic mass is 16.5. The van der Waals surface area contributed by atoms with Crippen LogP contribution in [0.1, 0.15) is 10.4 Å². The molecule has 1 heterocycles. The van der Waals surface area contributed by atoms with Gasteiger partial charge in [-0.1, -0.05) is 0 Å². The highest BCUT2D eigenvalue weighted by molar-refractivity contribution is 6.40. The minimum absolute atomic E-state index is 0.332. The van der Waals surface area contributed by atoms with Crippen LogP contribution >= 0.6 is 0 Å². The van der Waals surface area contributed by atoms with Gasteiger partial charge in [-0.25, -0.2) is 9.59 Å². The third-order valence-corrected chi connectivity index (χ3v) is 2.85. The summed E-state index contributed by atoms with van der Waals surface area (Å²) in [5.74, 6) is -2.11. The molecule has 0 N–H and O–H groups in total. The van der Waals surface area contributed by atoms with E-state index in [0.717, 1.165) is 12.8 Å². The van der Waals surface area contributed by atoms with Crippen LogP contribution < -0.4 is 10.5 Å². The van der Waals surface area contributed by atoms with E-state index in [2.05, 4.69) is 4.74 Å². The van der Waals surface area contributed by atoms with Crippen LogP contribution in [-0.2, 0) is 9.53 Å². The van der Waals surface area contributed by atoms with Crippen LogP contribution in [0.25, 0.3) is 11.0 Å². The van der Waals surface area contributed by atoms with E-state index in [1.54, 1.807) is 12.1 Å². The van der Waals surface area contributed by atoms with Gasteiger partial charge in [-0.2, -0.15) is 0 Å². The van der Waals surface area contributed by atoms with Gasteiger partial charge in [0, 0.05) is 31.2 Å². The fourth-order valence-corrected chi connectivity index (χ4v) is 1.74. The quantitative estimate of drug-likeness (QED) is 0.363. The summed E-state index contributed by atoms with van der Waals surface area (Å²) in [7, 11) is 4.79. The van der Waals surface area contributed by atoms with Gasteiger partial charge in [0.1, 0.15) is 11.1 Å². The number of anilines is 1. The number of methoxy groups -OCH3 is 1. The van der Waals surface area contributed by atoms with Gasteiger partial charge in [0.2, 0.25) is 0 Å². The molecule has 0 atom stereocenters. The predicted molar refractivity (Wildman–Crippen MR) is 73.2 cm³/mol. The molecule has 1 aromatic carbocycles. The number of benzene rings is 1. The Kier molecular flexibility index (Phi) is 3.56. The van der Waals surface area contributed by atoms with E-state index in [-0.39, 0.29) is 5.56 Å². The fourth-order valence-electron chi connectivity index (χ4n) is 1.74. The average Bonchev–Trinajstić information content (AvgIpc) is 2.44. The van der Waals surface area contributed by atoms with Crippen molar-refractivity contribution in [2.24, 2.45) is 0 Å². The molecule has 0 saturated heterocycles. The van der Waals surface area contributed by atoms with E-state index in [0.29, 0.717) is 11.0 Å². The van der Waals surface area contributed by atoms with Crippen LogP contribution in [0, 0.1) is 0 Å². The molecular formula is C14H13NO5. The van der Waals surface area contributed by atoms with Gasteiger partial charge in [-0.15, -0.1) is 0 Å². The van der Waals surface area contributed by atoms with Crippen molar-refractivity contribution < 1.29 is 18.7 Å². The van der Waals surface area contributed by atoms with Gasteiger partial charge in [0.15, 0.2) is 0 Å². The molecule has 1 aromatic heterocycles. The maximum atomic E-state index is 11.8. The topological polar surface area (TPSA) is 76.8 Å². The Labute approximate surface area is 114 Å². The van der Waals surface area contributed by atoms with Gasteiger partial charge in [0.25, 0.3) is 5.78 Å². The predicted octanol–water partition coefficient (Wildman–Crippen LogP) is 1.21. The minimum atomic E-state index is -1.10. The monoisotopic (exact) mass is 275 g/mol. The Morgan fingerprint density at radius 3 is 2.50 bits per heavy atom. The molecule has 20 heavy (non-hydrogen) atoms. The second-order valence-electron chi connectivity index (χ2n) is 4.38. The molecule has 0 bridgehead atoms. The summed E-state index contributed by atoms with van der Waals surface area (Å²) in [4.78, 5) is 36.5. The normalized spacial score (nSPS) is 10.3. The van der Waals surface area contributed by atoms with E-state index in [1.807, 2.05) is 25.1 Å². The van der Waals surface area contributed by atoms with E-state index in [1.165, 1.54) is 6.07 Å². The zero-order valence-corrected chi connectivity index (χ0v) is 11.3. The van der Waals surface area contributed by atoms with Crippen LogP contribution in [0.4, 0.5) is 5.69 Å². The lowest BCUT2D eigenvalue weighted by Gasteiger charge is -2.12. The van der Waals surface area contributed by atoms with Crippen molar-refractivity contribution in [2.75, 3.05) is 26.1 Å². The molecule has 0 aliphatic heterocycles. The van der Waals surface area contributed by atoms with E-state index in [9.17, 15) is 14.4 Å². The van der Waals surface area contributed by atoms with Crippen LogP contribution in [-0.4, -0.2) is 33.0 Å². The largest absolute Gasteiger partial charge is 0.463 e. The molecule has 0 aliphatic rings. The second-order valence-corrected chi connectivity index (χ2v) is 4.38. The zero-order valence-electron chi connectivity index (χ0n) is 11.3. The van der Waals surface area contributed by atoms with Crippen molar-refractivity contribution in [3.8, 4) is 0 Å². The Bertz CT molecular complexity index is 745. The first-order valence-electron chi connectivity index (χ1n) is 5.82. The summed E-state index contributed by atoms with van der Waals surface area (Å²) in [6.07, 6.45) is 0. The average molecular weight is 275 g/mol. The molecule has 0 unspecified atom stereocenters. The summed E-state index contributed by atoms with van der Waals surface area (Å²) in [5.41, 5.74) is 0.0149. The van der Waals surface area contributed by atoms with Gasteiger partial charge in [-0.05, 0) is 18.2 Å². The molecule has 0 aliphatic carbocycles. The number of ether oxygens (including phenoxy) is 1. The number of nitrogens with zero attached hydrogens (tertiary/aromatic N) is 1. The lowest BCUT2D eigenvalue weighted by molar-refractivity contribution is -0.135. The first-order valence-corrected chi connectivity index (χ1v) is 5.82. The lowest BCUT2D eigenvalue weighted by Crippen LogP contribution is -2.22. The molecule has 0 fully saturated rings. The lowest BCUT2D eigenvalue weighted by atomic mass is 10.1. The van der Waals surface area contributed by atoms with Crippen LogP contribution in [0.3, 0.4) is 0 Å². The Hall–Kier alpha value is -2.63. The highest BCUT2D eigenvalue weighted by Gasteiger charge is 2.21. The second kappa shape index (κ2) is 5.16. The van der Waals surface area contributed by atoms with Crippen molar-refractivity contribution in [3.63, 3.8) is 0 Å². The summed E-state index contributed by atoms with van der Waals surface area (Å²) in [6, 6.07) is 6.54. The van der Waals surface area contributed by atoms with Crippen molar-refractivity contribution in [2.45, 2.75) is 0 Å². The Morgan fingerprint density at radius 1 is 1.20 bits per heavy atom. The number of carbonyl (C=O) groups excluding carboxylic acids is 2. The summed E-state index contributed by atoms with van der Waals surface area (Å²) >= 11 is 0. The maximum absolute atomic E-state index is 11.8. The van der Waals surface area contributed by atoms with E-state index < -0.39 is 17.4 Å². The Balaban J connectivity index is 2.59. The molecule has 104 valence electrons. The van der Waals surface area contributed by atoms with E-state index in [4.69, 9.17) is 4.42 Å². The molecule has 0 spiro atoms. The molecule has 2 aromatic rings. The number of esters is 1. The highest BCUT2D eigenvalue weighted by Crippen LogP contribution is 2.20. The molecule has 0 radical (unpaired) electrons. The first-order chi connectivity index (χ1) is 9.43. The third kappa shape index (κ3) is 2.40. The summed E-state index contributed by atoms with van der Waals surface area (Å²) in [5, 5.41) is 0.558. The van der Waals surface area contributed by atoms with Gasteiger partial charge >= 0.3 is 11.6 Å². The molecule has 0 amide bonds. The number of carbonyl (C=O) groups is 2. The van der Waals surface area contributed by atoms with Crippen LogP contribution in [0.15, 0.2) is 33.5 Å². The molecule has 6 heteroatoms. The van der Waals surface area contributed by atoms with Crippen molar-refractivity contribution >= 4 is 28.4 Å². The van der Waals surface area contributed by atoms with Crippen molar-refractivity contribution in [1.29, 1.82) is 0 Å². The van der Waals surface area contributed by atoms with Gasteiger partial charge in [0.05, 0.1) is 7.11 Å². The Morgan fingerprint density at radius 2 is 1.90 bits per heavy atom. The minimum Gasteiger partial charge on any atom is -0.463 e. The van der Waals surface area contributed by atoms with Crippen LogP contribution in [0.2, 0.25) is 0 Å². The standard InChI is InChI=1S/C14H13NO5/c1-15(2)9-5-4-8-6-10(12(16)14(18)19-3)13(17)20-11(8)7-9/h4-7H,1-3H3. The van der Waals surface area contributed by atoms with Crippen LogP contribution in [0.5, 0.6) is 0 Å². The number of hydrogen-bond donors (Lipinski definition) is 0. The number of hydrogen-bond acceptors (Lipinski definition) is 6. The van der Waals surface area contributed by atoms with E-state index >= 15 is 0 Å². The zero-order chi connectivity index (χ0) is 14.9. The maximum Gasteiger partial charge on any atom is 0.379 e. The smallest absolute Gasteiger partial charge is 0.379 e. The number of rotatable bonds is 3. The fraction of sp³-hybridized carbons (Fsp3) is 0.214. The van der Waals surface area contributed by atoms with Gasteiger partial charge < -0.3 is 14.1 Å².